The van der Waals surface area contributed by atoms with Crippen LogP contribution in [0.15, 0.2) is 48.5 Å². The van der Waals surface area contributed by atoms with Gasteiger partial charge in [-0.2, -0.15) is 0 Å². The van der Waals surface area contributed by atoms with E-state index in [0.717, 1.165) is 29.9 Å². The molecule has 0 fully saturated rings. The molecule has 0 atom stereocenters. The lowest BCUT2D eigenvalue weighted by Gasteiger charge is -2.13. The Kier molecular flexibility index (Phi) is 6.10. The van der Waals surface area contributed by atoms with Gasteiger partial charge in [0.25, 0.3) is 0 Å². The maximum atomic E-state index is 5.85. The third-order valence-electron chi connectivity index (χ3n) is 3.25. The van der Waals surface area contributed by atoms with Gasteiger partial charge in [-0.15, -0.1) is 0 Å². The Balaban J connectivity index is 1.87. The lowest BCUT2D eigenvalue weighted by atomic mass is 10.1. The number of rotatable bonds is 8. The van der Waals surface area contributed by atoms with Gasteiger partial charge in [-0.3, -0.25) is 0 Å². The van der Waals surface area contributed by atoms with Gasteiger partial charge in [0.05, 0.1) is 13.2 Å². The predicted octanol–water partition coefficient (Wildman–Crippen LogP) is 3.56. The monoisotopic (exact) mass is 285 g/mol. The van der Waals surface area contributed by atoms with Crippen molar-refractivity contribution in [2.75, 3.05) is 13.2 Å². The van der Waals surface area contributed by atoms with Gasteiger partial charge >= 0.3 is 0 Å². The highest BCUT2D eigenvalue weighted by Crippen LogP contribution is 2.28. The largest absolute Gasteiger partial charge is 0.490 e. The van der Waals surface area contributed by atoms with Crippen LogP contribution in [0.1, 0.15) is 24.5 Å². The SMILES string of the molecule is CCOc1cc(CN)ccc1OCCCc1ccccc1. The minimum Gasteiger partial charge on any atom is -0.490 e. The molecule has 3 heteroatoms. The van der Waals surface area contributed by atoms with E-state index in [9.17, 15) is 0 Å². The molecule has 2 aromatic rings. The molecule has 0 spiro atoms. The van der Waals surface area contributed by atoms with Gasteiger partial charge in [-0.1, -0.05) is 36.4 Å². The van der Waals surface area contributed by atoms with E-state index in [4.69, 9.17) is 15.2 Å². The molecule has 0 heterocycles. The summed E-state index contributed by atoms with van der Waals surface area (Å²) in [6, 6.07) is 16.3. The lowest BCUT2D eigenvalue weighted by Crippen LogP contribution is -2.04. The van der Waals surface area contributed by atoms with Crippen LogP contribution in [-0.4, -0.2) is 13.2 Å². The zero-order valence-corrected chi connectivity index (χ0v) is 12.5. The van der Waals surface area contributed by atoms with E-state index in [2.05, 4.69) is 24.3 Å². The van der Waals surface area contributed by atoms with Crippen LogP contribution in [-0.2, 0) is 13.0 Å². The van der Waals surface area contributed by atoms with Gasteiger partial charge in [0.15, 0.2) is 11.5 Å². The van der Waals surface area contributed by atoms with Crippen LogP contribution in [0.25, 0.3) is 0 Å². The highest BCUT2D eigenvalue weighted by Gasteiger charge is 2.06. The molecule has 112 valence electrons. The quantitative estimate of drug-likeness (QED) is 0.754. The Labute approximate surface area is 126 Å². The zero-order chi connectivity index (χ0) is 14.9. The summed E-state index contributed by atoms with van der Waals surface area (Å²) in [6.45, 7) is 3.77. The maximum absolute atomic E-state index is 5.85. The van der Waals surface area contributed by atoms with Gasteiger partial charge in [-0.25, -0.2) is 0 Å². The first-order valence-corrected chi connectivity index (χ1v) is 7.46. The van der Waals surface area contributed by atoms with Gasteiger partial charge < -0.3 is 15.2 Å². The minimum absolute atomic E-state index is 0.508. The number of nitrogens with two attached hydrogens (primary N) is 1. The topological polar surface area (TPSA) is 44.5 Å². The van der Waals surface area contributed by atoms with Crippen molar-refractivity contribution in [3.05, 3.63) is 59.7 Å². The molecule has 0 aromatic heterocycles. The molecular weight excluding hydrogens is 262 g/mol. The number of ether oxygens (including phenoxy) is 2. The Bertz CT molecular complexity index is 540. The Hall–Kier alpha value is -2.00. The third kappa shape index (κ3) is 4.80. The predicted molar refractivity (Wildman–Crippen MR) is 85.8 cm³/mol. The molecule has 0 amide bonds. The Morgan fingerprint density at radius 2 is 1.71 bits per heavy atom. The molecule has 21 heavy (non-hydrogen) atoms. The first-order valence-electron chi connectivity index (χ1n) is 7.46. The molecule has 0 aliphatic rings. The molecule has 0 bridgehead atoms. The van der Waals surface area contributed by atoms with Crippen molar-refractivity contribution in [2.24, 2.45) is 5.73 Å². The van der Waals surface area contributed by atoms with Gasteiger partial charge in [0.1, 0.15) is 0 Å². The highest BCUT2D eigenvalue weighted by atomic mass is 16.5. The first kappa shape index (κ1) is 15.4. The normalized spacial score (nSPS) is 10.4. The van der Waals surface area contributed by atoms with Crippen LogP contribution in [0.3, 0.4) is 0 Å². The molecule has 0 radical (unpaired) electrons. The summed E-state index contributed by atoms with van der Waals surface area (Å²) in [4.78, 5) is 0. The minimum atomic E-state index is 0.508. The van der Waals surface area contributed by atoms with E-state index >= 15 is 0 Å². The second-order valence-corrected chi connectivity index (χ2v) is 4.86. The Morgan fingerprint density at radius 3 is 2.43 bits per heavy atom. The van der Waals surface area contributed by atoms with Gasteiger partial charge in [0, 0.05) is 6.54 Å². The second-order valence-electron chi connectivity index (χ2n) is 4.86. The van der Waals surface area contributed by atoms with Crippen molar-refractivity contribution in [1.82, 2.24) is 0 Å². The van der Waals surface area contributed by atoms with Crippen molar-refractivity contribution in [1.29, 1.82) is 0 Å². The molecule has 0 aliphatic carbocycles. The summed E-state index contributed by atoms with van der Waals surface area (Å²) in [6.07, 6.45) is 2.00. The molecular formula is C18H23NO2. The summed E-state index contributed by atoms with van der Waals surface area (Å²) >= 11 is 0. The molecule has 0 saturated heterocycles. The van der Waals surface area contributed by atoms with Crippen LogP contribution in [0, 0.1) is 0 Å². The molecule has 2 aromatic carbocycles. The van der Waals surface area contributed by atoms with E-state index in [-0.39, 0.29) is 0 Å². The van der Waals surface area contributed by atoms with E-state index in [1.165, 1.54) is 5.56 Å². The highest BCUT2D eigenvalue weighted by molar-refractivity contribution is 5.43. The van der Waals surface area contributed by atoms with Crippen LogP contribution < -0.4 is 15.2 Å². The van der Waals surface area contributed by atoms with Crippen molar-refractivity contribution < 1.29 is 9.47 Å². The molecule has 0 saturated carbocycles. The molecule has 3 nitrogen and oxygen atoms in total. The molecule has 0 unspecified atom stereocenters. The third-order valence-corrected chi connectivity index (χ3v) is 3.25. The van der Waals surface area contributed by atoms with Crippen molar-refractivity contribution in [3.63, 3.8) is 0 Å². The molecule has 2 rings (SSSR count). The fourth-order valence-corrected chi connectivity index (χ4v) is 2.17. The second kappa shape index (κ2) is 8.32. The van der Waals surface area contributed by atoms with Crippen molar-refractivity contribution in [2.45, 2.75) is 26.3 Å². The number of aryl methyl sites for hydroxylation is 1. The van der Waals surface area contributed by atoms with Crippen LogP contribution in [0.2, 0.25) is 0 Å². The summed E-state index contributed by atoms with van der Waals surface area (Å²) in [5.41, 5.74) is 8.04. The number of benzene rings is 2. The summed E-state index contributed by atoms with van der Waals surface area (Å²) in [7, 11) is 0. The summed E-state index contributed by atoms with van der Waals surface area (Å²) in [5, 5.41) is 0. The van der Waals surface area contributed by atoms with Gasteiger partial charge in [0.2, 0.25) is 0 Å². The van der Waals surface area contributed by atoms with Crippen LogP contribution >= 0.6 is 0 Å². The zero-order valence-electron chi connectivity index (χ0n) is 12.5. The molecule has 0 aliphatic heterocycles. The number of hydrogen-bond donors (Lipinski definition) is 1. The smallest absolute Gasteiger partial charge is 0.161 e. The standard InChI is InChI=1S/C18H23NO2/c1-2-20-18-13-16(14-19)10-11-17(18)21-12-6-9-15-7-4-3-5-8-15/h3-5,7-8,10-11,13H,2,6,9,12,14,19H2,1H3. The maximum Gasteiger partial charge on any atom is 0.161 e. The van der Waals surface area contributed by atoms with Crippen LogP contribution in [0.4, 0.5) is 0 Å². The lowest BCUT2D eigenvalue weighted by molar-refractivity contribution is 0.273. The average Bonchev–Trinajstić information content (AvgIpc) is 2.54. The summed E-state index contributed by atoms with van der Waals surface area (Å²) < 4.78 is 11.5. The number of hydrogen-bond acceptors (Lipinski definition) is 3. The fraction of sp³-hybridized carbons (Fsp3) is 0.333. The van der Waals surface area contributed by atoms with Crippen molar-refractivity contribution >= 4 is 0 Å². The van der Waals surface area contributed by atoms with E-state index in [1.807, 2.05) is 31.2 Å². The Morgan fingerprint density at radius 1 is 0.905 bits per heavy atom. The van der Waals surface area contributed by atoms with E-state index in [1.54, 1.807) is 0 Å². The van der Waals surface area contributed by atoms with E-state index < -0.39 is 0 Å². The van der Waals surface area contributed by atoms with Crippen molar-refractivity contribution in [3.8, 4) is 11.5 Å². The fourth-order valence-electron chi connectivity index (χ4n) is 2.17. The van der Waals surface area contributed by atoms with Gasteiger partial charge in [-0.05, 0) is 43.0 Å². The van der Waals surface area contributed by atoms with E-state index in [0.29, 0.717) is 19.8 Å². The summed E-state index contributed by atoms with van der Waals surface area (Å²) in [5.74, 6) is 1.57. The molecule has 2 N–H and O–H groups in total. The van der Waals surface area contributed by atoms with Crippen LogP contribution in [0.5, 0.6) is 11.5 Å². The first-order chi connectivity index (χ1) is 10.3. The average molecular weight is 285 g/mol.